The second kappa shape index (κ2) is 6.02. The molecule has 1 saturated heterocycles. The number of ether oxygens (including phenoxy) is 1. The maximum atomic E-state index is 5.82. The van der Waals surface area contributed by atoms with Crippen LogP contribution < -0.4 is 5.73 Å². The lowest BCUT2D eigenvalue weighted by atomic mass is 10.1. The van der Waals surface area contributed by atoms with Gasteiger partial charge in [0.05, 0.1) is 19.3 Å². The van der Waals surface area contributed by atoms with Crippen LogP contribution in [0.25, 0.3) is 0 Å². The Morgan fingerprint density at radius 2 is 2.35 bits per heavy atom. The highest BCUT2D eigenvalue weighted by Crippen LogP contribution is 2.13. The number of hydrogen-bond donors (Lipinski definition) is 1. The number of benzene rings is 1. The summed E-state index contributed by atoms with van der Waals surface area (Å²) in [6.45, 7) is 4.24. The van der Waals surface area contributed by atoms with Gasteiger partial charge in [0.1, 0.15) is 12.7 Å². The molecule has 2 N–H and O–H groups in total. The van der Waals surface area contributed by atoms with Crippen LogP contribution in [0.2, 0.25) is 0 Å². The van der Waals surface area contributed by atoms with Crippen LogP contribution in [-0.2, 0) is 17.8 Å². The average molecular weight is 273 g/mol. The Labute approximate surface area is 118 Å². The number of rotatable bonds is 4. The van der Waals surface area contributed by atoms with Crippen LogP contribution >= 0.6 is 0 Å². The molecule has 1 aliphatic heterocycles. The van der Waals surface area contributed by atoms with E-state index in [1.54, 1.807) is 12.7 Å². The fraction of sp³-hybridized carbons (Fsp3) is 0.429. The molecule has 6 nitrogen and oxygen atoms in total. The van der Waals surface area contributed by atoms with Crippen molar-refractivity contribution >= 4 is 5.69 Å². The third-order valence-corrected chi connectivity index (χ3v) is 3.44. The summed E-state index contributed by atoms with van der Waals surface area (Å²) >= 11 is 0. The molecule has 1 atom stereocenters. The van der Waals surface area contributed by atoms with Gasteiger partial charge in [-0.05, 0) is 17.7 Å². The van der Waals surface area contributed by atoms with Crippen molar-refractivity contribution in [3.05, 3.63) is 42.5 Å². The highest BCUT2D eigenvalue weighted by Gasteiger charge is 2.21. The molecule has 0 spiro atoms. The van der Waals surface area contributed by atoms with Crippen LogP contribution in [0.5, 0.6) is 0 Å². The Morgan fingerprint density at radius 1 is 1.40 bits per heavy atom. The van der Waals surface area contributed by atoms with Crippen molar-refractivity contribution in [3.63, 3.8) is 0 Å². The monoisotopic (exact) mass is 273 g/mol. The molecule has 0 radical (unpaired) electrons. The highest BCUT2D eigenvalue weighted by molar-refractivity contribution is 5.40. The van der Waals surface area contributed by atoms with E-state index in [2.05, 4.69) is 21.0 Å². The third kappa shape index (κ3) is 3.34. The van der Waals surface area contributed by atoms with Crippen LogP contribution in [0.1, 0.15) is 5.56 Å². The summed E-state index contributed by atoms with van der Waals surface area (Å²) in [5, 5.41) is 4.12. The van der Waals surface area contributed by atoms with Crippen molar-refractivity contribution in [1.82, 2.24) is 19.7 Å². The summed E-state index contributed by atoms with van der Waals surface area (Å²) in [5.74, 6) is 0. The van der Waals surface area contributed by atoms with Gasteiger partial charge in [-0.2, -0.15) is 5.10 Å². The maximum absolute atomic E-state index is 5.82. The van der Waals surface area contributed by atoms with Gasteiger partial charge in [-0.25, -0.2) is 4.98 Å². The zero-order valence-corrected chi connectivity index (χ0v) is 11.4. The molecule has 0 bridgehead atoms. The minimum atomic E-state index is 0.159. The number of anilines is 1. The minimum absolute atomic E-state index is 0.159. The van der Waals surface area contributed by atoms with Gasteiger partial charge in [0, 0.05) is 25.3 Å². The fourth-order valence-electron chi connectivity index (χ4n) is 2.52. The zero-order chi connectivity index (χ0) is 13.8. The van der Waals surface area contributed by atoms with Crippen molar-refractivity contribution in [2.45, 2.75) is 19.2 Å². The van der Waals surface area contributed by atoms with Gasteiger partial charge in [0.2, 0.25) is 0 Å². The first kappa shape index (κ1) is 13.1. The topological polar surface area (TPSA) is 69.2 Å². The van der Waals surface area contributed by atoms with Gasteiger partial charge in [-0.15, -0.1) is 0 Å². The minimum Gasteiger partial charge on any atom is -0.399 e. The quantitative estimate of drug-likeness (QED) is 0.833. The van der Waals surface area contributed by atoms with Crippen LogP contribution in [0.15, 0.2) is 36.9 Å². The number of aromatic nitrogens is 3. The molecule has 6 heteroatoms. The molecule has 1 fully saturated rings. The van der Waals surface area contributed by atoms with Gasteiger partial charge < -0.3 is 10.5 Å². The summed E-state index contributed by atoms with van der Waals surface area (Å²) in [6, 6.07) is 8.05. The summed E-state index contributed by atoms with van der Waals surface area (Å²) in [7, 11) is 0. The predicted molar refractivity (Wildman–Crippen MR) is 75.9 cm³/mol. The maximum Gasteiger partial charge on any atom is 0.137 e. The Balaban J connectivity index is 1.57. The highest BCUT2D eigenvalue weighted by atomic mass is 16.5. The van der Waals surface area contributed by atoms with Crippen molar-refractivity contribution in [2.24, 2.45) is 0 Å². The van der Waals surface area contributed by atoms with E-state index in [1.165, 1.54) is 5.56 Å². The fourth-order valence-corrected chi connectivity index (χ4v) is 2.52. The second-order valence-electron chi connectivity index (χ2n) is 5.09. The van der Waals surface area contributed by atoms with Crippen molar-refractivity contribution < 1.29 is 4.74 Å². The van der Waals surface area contributed by atoms with Crippen molar-refractivity contribution in [3.8, 4) is 0 Å². The smallest absolute Gasteiger partial charge is 0.137 e. The summed E-state index contributed by atoms with van der Waals surface area (Å²) in [6.07, 6.45) is 3.43. The Kier molecular flexibility index (Phi) is 3.94. The van der Waals surface area contributed by atoms with E-state index < -0.39 is 0 Å². The van der Waals surface area contributed by atoms with Gasteiger partial charge in [0.25, 0.3) is 0 Å². The van der Waals surface area contributed by atoms with Crippen molar-refractivity contribution in [1.29, 1.82) is 0 Å². The number of nitrogen functional groups attached to an aromatic ring is 1. The third-order valence-electron chi connectivity index (χ3n) is 3.44. The van der Waals surface area contributed by atoms with Crippen LogP contribution in [0.3, 0.4) is 0 Å². The first-order chi connectivity index (χ1) is 9.79. The summed E-state index contributed by atoms with van der Waals surface area (Å²) in [5.41, 5.74) is 7.88. The lowest BCUT2D eigenvalue weighted by molar-refractivity contribution is -0.0402. The number of hydrogen-bond acceptors (Lipinski definition) is 5. The van der Waals surface area contributed by atoms with E-state index in [-0.39, 0.29) is 6.10 Å². The standard InChI is InChI=1S/C14H19N5O/c15-13-3-1-2-12(6-13)7-18-4-5-20-14(8-18)9-19-11-16-10-17-19/h1-3,6,10-11,14H,4-5,7-9,15H2. The molecule has 20 heavy (non-hydrogen) atoms. The molecule has 1 aromatic heterocycles. The summed E-state index contributed by atoms with van der Waals surface area (Å²) < 4.78 is 7.60. The molecule has 2 aromatic rings. The number of nitrogens with two attached hydrogens (primary N) is 1. The molecule has 0 saturated carbocycles. The normalized spacial score (nSPS) is 20.1. The first-order valence-corrected chi connectivity index (χ1v) is 6.80. The first-order valence-electron chi connectivity index (χ1n) is 6.80. The van der Waals surface area contributed by atoms with Crippen molar-refractivity contribution in [2.75, 3.05) is 25.4 Å². The Morgan fingerprint density at radius 3 is 3.15 bits per heavy atom. The Hall–Kier alpha value is -1.92. The van der Waals surface area contributed by atoms with Crippen LogP contribution in [0, 0.1) is 0 Å². The molecule has 1 aromatic carbocycles. The van der Waals surface area contributed by atoms with Gasteiger partial charge in [0.15, 0.2) is 0 Å². The SMILES string of the molecule is Nc1cccc(CN2CCOC(Cn3cncn3)C2)c1. The number of morpholine rings is 1. The molecule has 1 aliphatic rings. The molecular weight excluding hydrogens is 254 g/mol. The van der Waals surface area contributed by atoms with E-state index in [1.807, 2.05) is 22.9 Å². The van der Waals surface area contributed by atoms with Gasteiger partial charge in [-0.3, -0.25) is 9.58 Å². The van der Waals surface area contributed by atoms with E-state index >= 15 is 0 Å². The van der Waals surface area contributed by atoms with Gasteiger partial charge in [-0.1, -0.05) is 12.1 Å². The van der Waals surface area contributed by atoms with Crippen LogP contribution in [0.4, 0.5) is 5.69 Å². The second-order valence-corrected chi connectivity index (χ2v) is 5.09. The Bertz CT molecular complexity index is 542. The molecule has 3 rings (SSSR count). The van der Waals surface area contributed by atoms with E-state index in [4.69, 9.17) is 10.5 Å². The van der Waals surface area contributed by atoms with E-state index in [0.717, 1.165) is 38.5 Å². The lowest BCUT2D eigenvalue weighted by Crippen LogP contribution is -2.43. The molecule has 2 heterocycles. The van der Waals surface area contributed by atoms with E-state index in [0.29, 0.717) is 0 Å². The average Bonchev–Trinajstić information content (AvgIpc) is 2.92. The molecular formula is C14H19N5O. The molecule has 106 valence electrons. The van der Waals surface area contributed by atoms with E-state index in [9.17, 15) is 0 Å². The van der Waals surface area contributed by atoms with Gasteiger partial charge >= 0.3 is 0 Å². The number of nitrogens with zero attached hydrogens (tertiary/aromatic N) is 4. The zero-order valence-electron chi connectivity index (χ0n) is 11.4. The molecule has 0 aliphatic carbocycles. The van der Waals surface area contributed by atoms with Crippen LogP contribution in [-0.4, -0.2) is 45.5 Å². The molecule has 0 amide bonds. The summed E-state index contributed by atoms with van der Waals surface area (Å²) in [4.78, 5) is 6.34. The predicted octanol–water partition coefficient (Wildman–Crippen LogP) is 0.761. The molecule has 1 unspecified atom stereocenters. The largest absolute Gasteiger partial charge is 0.399 e. The lowest BCUT2D eigenvalue weighted by Gasteiger charge is -2.32.